The molecule has 0 unspecified atom stereocenters. The maximum atomic E-state index is 4.89. The minimum atomic E-state index is 0.423. The number of fused-ring (bicyclic) bond motifs is 1. The van der Waals surface area contributed by atoms with Gasteiger partial charge in [-0.1, -0.05) is 42.5 Å². The summed E-state index contributed by atoms with van der Waals surface area (Å²) < 4.78 is 0. The van der Waals surface area contributed by atoms with Crippen molar-refractivity contribution >= 4 is 17.5 Å². The zero-order valence-electron chi connectivity index (χ0n) is 15.6. The Morgan fingerprint density at radius 1 is 0.926 bits per heavy atom. The molecule has 1 N–H and O–H groups in total. The van der Waals surface area contributed by atoms with Gasteiger partial charge in [0.1, 0.15) is 5.82 Å². The van der Waals surface area contributed by atoms with Gasteiger partial charge in [0.25, 0.3) is 0 Å². The summed E-state index contributed by atoms with van der Waals surface area (Å²) in [7, 11) is 0. The van der Waals surface area contributed by atoms with E-state index in [1.165, 1.54) is 29.7 Å². The van der Waals surface area contributed by atoms with Crippen LogP contribution in [0.3, 0.4) is 0 Å². The van der Waals surface area contributed by atoms with Gasteiger partial charge in [-0.15, -0.1) is 0 Å². The zero-order valence-corrected chi connectivity index (χ0v) is 15.6. The molecule has 1 atom stereocenters. The van der Waals surface area contributed by atoms with Crippen molar-refractivity contribution < 1.29 is 0 Å². The first-order valence-corrected chi connectivity index (χ1v) is 9.81. The van der Waals surface area contributed by atoms with Gasteiger partial charge < -0.3 is 10.2 Å². The maximum absolute atomic E-state index is 4.89. The number of hydrogen-bond acceptors (Lipinski definition) is 4. The third-order valence-corrected chi connectivity index (χ3v) is 5.56. The lowest BCUT2D eigenvalue weighted by Gasteiger charge is -2.36. The summed E-state index contributed by atoms with van der Waals surface area (Å²) in [4.78, 5) is 12.1. The fraction of sp³-hybridized carbons (Fsp3) is 0.304. The Morgan fingerprint density at radius 2 is 1.67 bits per heavy atom. The largest absolute Gasteiger partial charge is 0.349 e. The molecule has 0 radical (unpaired) electrons. The maximum Gasteiger partial charge on any atom is 0.229 e. The SMILES string of the molecule is C[C@H]1Cc2ccccc2CN1c1cc(C2CC2)nc(Nc2ccccc2)n1. The molecule has 2 aromatic carbocycles. The third kappa shape index (κ3) is 3.39. The van der Waals surface area contributed by atoms with Gasteiger partial charge in [-0.05, 0) is 49.4 Å². The van der Waals surface area contributed by atoms with Crippen LogP contribution in [0.5, 0.6) is 0 Å². The molecule has 0 spiro atoms. The predicted molar refractivity (Wildman–Crippen MR) is 110 cm³/mol. The van der Waals surface area contributed by atoms with Crippen LogP contribution in [0.4, 0.5) is 17.5 Å². The minimum absolute atomic E-state index is 0.423. The fourth-order valence-electron chi connectivity index (χ4n) is 3.88. The second kappa shape index (κ2) is 6.69. The molecular formula is C23H24N4. The average molecular weight is 356 g/mol. The van der Waals surface area contributed by atoms with Crippen LogP contribution in [0.25, 0.3) is 0 Å². The number of rotatable bonds is 4. The van der Waals surface area contributed by atoms with E-state index in [-0.39, 0.29) is 0 Å². The van der Waals surface area contributed by atoms with Crippen molar-refractivity contribution in [3.05, 3.63) is 77.5 Å². The molecule has 0 saturated heterocycles. The molecule has 1 aromatic heterocycles. The van der Waals surface area contributed by atoms with E-state index in [0.717, 1.165) is 24.5 Å². The van der Waals surface area contributed by atoms with E-state index >= 15 is 0 Å². The number of benzene rings is 2. The fourth-order valence-corrected chi connectivity index (χ4v) is 3.88. The molecule has 0 amide bonds. The van der Waals surface area contributed by atoms with E-state index in [2.05, 4.69) is 47.5 Å². The van der Waals surface area contributed by atoms with E-state index in [0.29, 0.717) is 17.9 Å². The highest BCUT2D eigenvalue weighted by atomic mass is 15.2. The summed E-state index contributed by atoms with van der Waals surface area (Å²) in [5.41, 5.74) is 5.05. The minimum Gasteiger partial charge on any atom is -0.349 e. The third-order valence-electron chi connectivity index (χ3n) is 5.56. The molecule has 1 saturated carbocycles. The quantitative estimate of drug-likeness (QED) is 0.710. The number of para-hydroxylation sites is 1. The van der Waals surface area contributed by atoms with E-state index in [1.807, 2.05) is 30.3 Å². The Hall–Kier alpha value is -2.88. The van der Waals surface area contributed by atoms with E-state index < -0.39 is 0 Å². The zero-order chi connectivity index (χ0) is 18.2. The molecule has 4 heteroatoms. The Balaban J connectivity index is 1.50. The Kier molecular flexibility index (Phi) is 4.04. The summed E-state index contributed by atoms with van der Waals surface area (Å²) in [6, 6.07) is 21.6. The molecule has 27 heavy (non-hydrogen) atoms. The van der Waals surface area contributed by atoms with Crippen LogP contribution in [0.15, 0.2) is 60.7 Å². The topological polar surface area (TPSA) is 41.1 Å². The van der Waals surface area contributed by atoms with E-state index in [4.69, 9.17) is 9.97 Å². The van der Waals surface area contributed by atoms with Crippen molar-refractivity contribution in [2.75, 3.05) is 10.2 Å². The first-order chi connectivity index (χ1) is 13.3. The summed E-state index contributed by atoms with van der Waals surface area (Å²) in [6.45, 7) is 3.20. The molecule has 3 aromatic rings. The first kappa shape index (κ1) is 16.3. The summed E-state index contributed by atoms with van der Waals surface area (Å²) >= 11 is 0. The van der Waals surface area contributed by atoms with Gasteiger partial charge in [-0.25, -0.2) is 4.98 Å². The Bertz CT molecular complexity index is 950. The van der Waals surface area contributed by atoms with Crippen molar-refractivity contribution in [3.63, 3.8) is 0 Å². The number of aromatic nitrogens is 2. The molecule has 0 bridgehead atoms. The Labute approximate surface area is 160 Å². The number of anilines is 3. The molecule has 2 aliphatic rings. The number of hydrogen-bond donors (Lipinski definition) is 1. The van der Waals surface area contributed by atoms with Crippen molar-refractivity contribution in [1.29, 1.82) is 0 Å². The highest BCUT2D eigenvalue weighted by Gasteiger charge is 2.29. The molecular weight excluding hydrogens is 332 g/mol. The normalized spacial score (nSPS) is 18.9. The van der Waals surface area contributed by atoms with Crippen molar-refractivity contribution in [1.82, 2.24) is 9.97 Å². The van der Waals surface area contributed by atoms with Crippen LogP contribution in [0.2, 0.25) is 0 Å². The lowest BCUT2D eigenvalue weighted by Crippen LogP contribution is -2.39. The Morgan fingerprint density at radius 3 is 2.44 bits per heavy atom. The number of nitrogens with one attached hydrogen (secondary N) is 1. The molecule has 1 fully saturated rings. The molecule has 5 rings (SSSR count). The van der Waals surface area contributed by atoms with Gasteiger partial charge in [0, 0.05) is 30.3 Å². The van der Waals surface area contributed by atoms with E-state index in [1.54, 1.807) is 0 Å². The van der Waals surface area contributed by atoms with Gasteiger partial charge >= 0.3 is 0 Å². The van der Waals surface area contributed by atoms with Crippen LogP contribution in [0, 0.1) is 0 Å². The monoisotopic (exact) mass is 356 g/mol. The molecule has 1 aliphatic carbocycles. The summed E-state index contributed by atoms with van der Waals surface area (Å²) in [5, 5.41) is 3.39. The average Bonchev–Trinajstić information content (AvgIpc) is 3.53. The van der Waals surface area contributed by atoms with Crippen molar-refractivity contribution in [2.45, 2.75) is 44.7 Å². The van der Waals surface area contributed by atoms with Crippen molar-refractivity contribution in [3.8, 4) is 0 Å². The lowest BCUT2D eigenvalue weighted by molar-refractivity contribution is 0.586. The smallest absolute Gasteiger partial charge is 0.229 e. The van der Waals surface area contributed by atoms with Gasteiger partial charge in [0.05, 0.1) is 5.69 Å². The molecule has 4 nitrogen and oxygen atoms in total. The van der Waals surface area contributed by atoms with Gasteiger partial charge in [-0.2, -0.15) is 4.98 Å². The predicted octanol–water partition coefficient (Wildman–Crippen LogP) is 5.05. The van der Waals surface area contributed by atoms with Crippen molar-refractivity contribution in [2.24, 2.45) is 0 Å². The lowest BCUT2D eigenvalue weighted by atomic mass is 9.95. The first-order valence-electron chi connectivity index (χ1n) is 9.81. The standard InChI is InChI=1S/C23H24N4/c1-16-13-18-7-5-6-8-19(18)15-27(16)22-14-21(17-11-12-17)25-23(26-22)24-20-9-3-2-4-10-20/h2-10,14,16-17H,11-13,15H2,1H3,(H,24,25,26)/t16-/m0/s1. The van der Waals surface area contributed by atoms with Crippen LogP contribution in [-0.4, -0.2) is 16.0 Å². The highest BCUT2D eigenvalue weighted by Crippen LogP contribution is 2.41. The van der Waals surface area contributed by atoms with Crippen LogP contribution in [0.1, 0.15) is 42.5 Å². The van der Waals surface area contributed by atoms with Crippen LogP contribution < -0.4 is 10.2 Å². The molecule has 136 valence electrons. The van der Waals surface area contributed by atoms with Crippen LogP contribution >= 0.6 is 0 Å². The molecule has 2 heterocycles. The second-order valence-corrected chi connectivity index (χ2v) is 7.69. The summed E-state index contributed by atoms with van der Waals surface area (Å²) in [6.07, 6.45) is 3.53. The van der Waals surface area contributed by atoms with Gasteiger partial charge in [0.2, 0.25) is 5.95 Å². The number of nitrogens with zero attached hydrogens (tertiary/aromatic N) is 3. The van der Waals surface area contributed by atoms with Gasteiger partial charge in [0.15, 0.2) is 0 Å². The van der Waals surface area contributed by atoms with E-state index in [9.17, 15) is 0 Å². The summed E-state index contributed by atoms with van der Waals surface area (Å²) in [5.74, 6) is 2.33. The second-order valence-electron chi connectivity index (χ2n) is 7.69. The molecule has 1 aliphatic heterocycles. The van der Waals surface area contributed by atoms with Crippen LogP contribution in [-0.2, 0) is 13.0 Å². The highest BCUT2D eigenvalue weighted by molar-refractivity contribution is 5.57. The van der Waals surface area contributed by atoms with Gasteiger partial charge in [-0.3, -0.25) is 0 Å².